The highest BCUT2D eigenvalue weighted by Gasteiger charge is 2.24. The summed E-state index contributed by atoms with van der Waals surface area (Å²) < 4.78 is 0. The SMILES string of the molecule is CC(C)C(NC(=O)c1ccccc1)C(=O)Nc1cccc(C#Cc2ccccc2)c1. The topological polar surface area (TPSA) is 58.2 Å². The van der Waals surface area contributed by atoms with Crippen LogP contribution in [0.1, 0.15) is 35.3 Å². The van der Waals surface area contributed by atoms with Crippen LogP contribution in [0.15, 0.2) is 84.9 Å². The highest BCUT2D eigenvalue weighted by atomic mass is 16.2. The van der Waals surface area contributed by atoms with Gasteiger partial charge in [0.25, 0.3) is 5.91 Å². The van der Waals surface area contributed by atoms with Crippen molar-refractivity contribution in [3.05, 3.63) is 102 Å². The first kappa shape index (κ1) is 20.9. The summed E-state index contributed by atoms with van der Waals surface area (Å²) >= 11 is 0. The van der Waals surface area contributed by atoms with Crippen molar-refractivity contribution >= 4 is 17.5 Å². The molecule has 4 heteroatoms. The van der Waals surface area contributed by atoms with Gasteiger partial charge in [-0.1, -0.05) is 68.2 Å². The predicted octanol–water partition coefficient (Wildman–Crippen LogP) is 4.48. The molecular formula is C26H24N2O2. The third kappa shape index (κ3) is 5.83. The van der Waals surface area contributed by atoms with Gasteiger partial charge in [-0.2, -0.15) is 0 Å². The number of hydrogen-bond donors (Lipinski definition) is 2. The number of carbonyl (C=O) groups excluding carboxylic acids is 2. The maximum absolute atomic E-state index is 12.8. The van der Waals surface area contributed by atoms with Crippen molar-refractivity contribution in [2.75, 3.05) is 5.32 Å². The molecule has 4 nitrogen and oxygen atoms in total. The fourth-order valence-electron chi connectivity index (χ4n) is 2.91. The zero-order valence-electron chi connectivity index (χ0n) is 17.1. The molecule has 3 aromatic carbocycles. The molecule has 0 aliphatic heterocycles. The average molecular weight is 396 g/mol. The van der Waals surface area contributed by atoms with Crippen LogP contribution >= 0.6 is 0 Å². The quantitative estimate of drug-likeness (QED) is 0.625. The van der Waals surface area contributed by atoms with E-state index in [-0.39, 0.29) is 17.7 Å². The molecule has 0 saturated carbocycles. The summed E-state index contributed by atoms with van der Waals surface area (Å²) in [5.74, 6) is 5.61. The zero-order valence-corrected chi connectivity index (χ0v) is 17.1. The highest BCUT2D eigenvalue weighted by Crippen LogP contribution is 2.13. The Morgan fingerprint density at radius 1 is 0.767 bits per heavy atom. The Bertz CT molecular complexity index is 1060. The largest absolute Gasteiger partial charge is 0.340 e. The molecule has 3 rings (SSSR count). The maximum atomic E-state index is 12.8. The second-order valence-electron chi connectivity index (χ2n) is 7.25. The molecule has 0 radical (unpaired) electrons. The van der Waals surface area contributed by atoms with E-state index < -0.39 is 6.04 Å². The number of hydrogen-bond acceptors (Lipinski definition) is 2. The van der Waals surface area contributed by atoms with E-state index in [0.29, 0.717) is 11.3 Å². The number of benzene rings is 3. The Labute approximate surface area is 177 Å². The molecule has 1 atom stereocenters. The van der Waals surface area contributed by atoms with Gasteiger partial charge in [0.1, 0.15) is 6.04 Å². The Morgan fingerprint density at radius 2 is 1.37 bits per heavy atom. The van der Waals surface area contributed by atoms with Gasteiger partial charge in [0.05, 0.1) is 0 Å². The van der Waals surface area contributed by atoms with Crippen molar-refractivity contribution < 1.29 is 9.59 Å². The lowest BCUT2D eigenvalue weighted by atomic mass is 10.0. The molecule has 150 valence electrons. The van der Waals surface area contributed by atoms with E-state index in [1.54, 1.807) is 24.3 Å². The van der Waals surface area contributed by atoms with Gasteiger partial charge in [-0.25, -0.2) is 0 Å². The van der Waals surface area contributed by atoms with Gasteiger partial charge < -0.3 is 10.6 Å². The van der Waals surface area contributed by atoms with E-state index in [0.717, 1.165) is 11.1 Å². The van der Waals surface area contributed by atoms with Gasteiger partial charge in [0.15, 0.2) is 0 Å². The molecule has 3 aromatic rings. The van der Waals surface area contributed by atoms with Gasteiger partial charge in [-0.3, -0.25) is 9.59 Å². The van der Waals surface area contributed by atoms with Gasteiger partial charge in [-0.05, 0) is 48.4 Å². The van der Waals surface area contributed by atoms with Crippen molar-refractivity contribution in [2.45, 2.75) is 19.9 Å². The smallest absolute Gasteiger partial charge is 0.251 e. The second kappa shape index (κ2) is 10.1. The summed E-state index contributed by atoms with van der Waals surface area (Å²) in [6.45, 7) is 3.80. The van der Waals surface area contributed by atoms with Crippen LogP contribution in [0.5, 0.6) is 0 Å². The van der Waals surface area contributed by atoms with E-state index in [9.17, 15) is 9.59 Å². The van der Waals surface area contributed by atoms with E-state index in [1.165, 1.54) is 0 Å². The second-order valence-corrected chi connectivity index (χ2v) is 7.25. The molecule has 0 bridgehead atoms. The number of nitrogens with one attached hydrogen (secondary N) is 2. The van der Waals surface area contributed by atoms with Crippen molar-refractivity contribution in [1.29, 1.82) is 0 Å². The summed E-state index contributed by atoms with van der Waals surface area (Å²) in [7, 11) is 0. The maximum Gasteiger partial charge on any atom is 0.251 e. The Balaban J connectivity index is 1.70. The van der Waals surface area contributed by atoms with Crippen LogP contribution in [-0.2, 0) is 4.79 Å². The van der Waals surface area contributed by atoms with Crippen LogP contribution in [0.3, 0.4) is 0 Å². The first-order chi connectivity index (χ1) is 14.5. The molecule has 2 amide bonds. The molecule has 0 heterocycles. The number of rotatable bonds is 5. The lowest BCUT2D eigenvalue weighted by Gasteiger charge is -2.22. The fraction of sp³-hybridized carbons (Fsp3) is 0.154. The Morgan fingerprint density at radius 3 is 2.03 bits per heavy atom. The molecule has 2 N–H and O–H groups in total. The van der Waals surface area contributed by atoms with Gasteiger partial charge in [0, 0.05) is 22.4 Å². The van der Waals surface area contributed by atoms with E-state index in [2.05, 4.69) is 22.5 Å². The first-order valence-electron chi connectivity index (χ1n) is 9.87. The van der Waals surface area contributed by atoms with Gasteiger partial charge >= 0.3 is 0 Å². The molecule has 0 aromatic heterocycles. The molecule has 0 fully saturated rings. The van der Waals surface area contributed by atoms with Crippen LogP contribution in [0.2, 0.25) is 0 Å². The monoisotopic (exact) mass is 396 g/mol. The Hall–Kier alpha value is -3.84. The number of amides is 2. The van der Waals surface area contributed by atoms with Crippen molar-refractivity contribution in [3.63, 3.8) is 0 Å². The lowest BCUT2D eigenvalue weighted by Crippen LogP contribution is -2.47. The third-order valence-electron chi connectivity index (χ3n) is 4.53. The van der Waals surface area contributed by atoms with Crippen LogP contribution < -0.4 is 10.6 Å². The zero-order chi connectivity index (χ0) is 21.3. The summed E-state index contributed by atoms with van der Waals surface area (Å²) in [5, 5.41) is 5.73. The Kier molecular flexibility index (Phi) is 7.02. The molecule has 0 saturated heterocycles. The van der Waals surface area contributed by atoms with Gasteiger partial charge in [-0.15, -0.1) is 0 Å². The molecule has 30 heavy (non-hydrogen) atoms. The molecule has 0 spiro atoms. The van der Waals surface area contributed by atoms with E-state index in [1.807, 2.05) is 74.5 Å². The summed E-state index contributed by atoms with van der Waals surface area (Å²) in [6.07, 6.45) is 0. The van der Waals surface area contributed by atoms with Crippen LogP contribution in [0.4, 0.5) is 5.69 Å². The third-order valence-corrected chi connectivity index (χ3v) is 4.53. The average Bonchev–Trinajstić information content (AvgIpc) is 2.77. The van der Waals surface area contributed by atoms with Crippen molar-refractivity contribution in [1.82, 2.24) is 5.32 Å². The van der Waals surface area contributed by atoms with E-state index in [4.69, 9.17) is 0 Å². The summed E-state index contributed by atoms with van der Waals surface area (Å²) in [5.41, 5.74) is 2.88. The van der Waals surface area contributed by atoms with Crippen LogP contribution in [0.25, 0.3) is 0 Å². The lowest BCUT2D eigenvalue weighted by molar-refractivity contribution is -0.118. The van der Waals surface area contributed by atoms with Crippen LogP contribution in [-0.4, -0.2) is 17.9 Å². The minimum Gasteiger partial charge on any atom is -0.340 e. The molecule has 0 aliphatic rings. The highest BCUT2D eigenvalue weighted by molar-refractivity contribution is 6.01. The minimum atomic E-state index is -0.656. The predicted molar refractivity (Wildman–Crippen MR) is 120 cm³/mol. The summed E-state index contributed by atoms with van der Waals surface area (Å²) in [4.78, 5) is 25.3. The molecule has 0 aliphatic carbocycles. The molecular weight excluding hydrogens is 372 g/mol. The van der Waals surface area contributed by atoms with Crippen LogP contribution in [0, 0.1) is 17.8 Å². The first-order valence-corrected chi connectivity index (χ1v) is 9.87. The van der Waals surface area contributed by atoms with Crippen molar-refractivity contribution in [2.24, 2.45) is 5.92 Å². The van der Waals surface area contributed by atoms with Crippen molar-refractivity contribution in [3.8, 4) is 11.8 Å². The standard InChI is InChI=1S/C26H24N2O2/c1-19(2)24(28-25(29)22-13-7-4-8-14-22)26(30)27-23-15-9-12-21(18-23)17-16-20-10-5-3-6-11-20/h3-15,18-19,24H,1-2H3,(H,27,30)(H,28,29). The summed E-state index contributed by atoms with van der Waals surface area (Å²) in [6, 6.07) is 25.3. The van der Waals surface area contributed by atoms with Gasteiger partial charge in [0.2, 0.25) is 5.91 Å². The number of carbonyl (C=O) groups is 2. The minimum absolute atomic E-state index is 0.0706. The molecule has 1 unspecified atom stereocenters. The van der Waals surface area contributed by atoms with E-state index >= 15 is 0 Å². The normalized spacial score (nSPS) is 11.2. The number of anilines is 1. The fourth-order valence-corrected chi connectivity index (χ4v) is 2.91.